The summed E-state index contributed by atoms with van der Waals surface area (Å²) in [6.07, 6.45) is 0.784. The molecule has 94 valence electrons. The molecule has 0 spiro atoms. The van der Waals surface area contributed by atoms with Crippen molar-refractivity contribution in [3.8, 4) is 0 Å². The Balaban J connectivity index is 2.37. The molecule has 0 amide bonds. The summed E-state index contributed by atoms with van der Waals surface area (Å²) in [5.74, 6) is 0.180. The Morgan fingerprint density at radius 2 is 2.00 bits per heavy atom. The zero-order chi connectivity index (χ0) is 13.1. The molecule has 1 heterocycles. The topological polar surface area (TPSA) is 34.9 Å². The van der Waals surface area contributed by atoms with Crippen LogP contribution in [0.25, 0.3) is 0 Å². The van der Waals surface area contributed by atoms with E-state index in [-0.39, 0.29) is 5.92 Å². The van der Waals surface area contributed by atoms with E-state index < -0.39 is 0 Å². The molecule has 0 aliphatic carbocycles. The fourth-order valence-corrected chi connectivity index (χ4v) is 2.11. The molecule has 0 bridgehead atoms. The van der Waals surface area contributed by atoms with Gasteiger partial charge in [0.05, 0.1) is 17.8 Å². The number of aromatic nitrogens is 2. The third-order valence-corrected chi connectivity index (χ3v) is 3.19. The van der Waals surface area contributed by atoms with Gasteiger partial charge in [0.25, 0.3) is 0 Å². The van der Waals surface area contributed by atoms with Crippen molar-refractivity contribution in [2.45, 2.75) is 26.3 Å². The van der Waals surface area contributed by atoms with Gasteiger partial charge in [-0.3, -0.25) is 4.79 Å². The molecule has 3 nitrogen and oxygen atoms in total. The summed E-state index contributed by atoms with van der Waals surface area (Å²) < 4.78 is 1.68. The number of nitrogens with zero attached hydrogens (tertiary/aromatic N) is 2. The second kappa shape index (κ2) is 5.36. The molecule has 1 aromatic heterocycles. The number of halogens is 1. The van der Waals surface area contributed by atoms with Gasteiger partial charge in [0.15, 0.2) is 6.29 Å². The maximum absolute atomic E-state index is 11.1. The van der Waals surface area contributed by atoms with Crippen LogP contribution in [0.2, 0.25) is 5.15 Å². The Morgan fingerprint density at radius 1 is 1.33 bits per heavy atom. The summed E-state index contributed by atoms with van der Waals surface area (Å²) in [5, 5.41) is 4.84. The largest absolute Gasteiger partial charge is 0.298 e. The number of hydrogen-bond donors (Lipinski definition) is 0. The van der Waals surface area contributed by atoms with Crippen LogP contribution >= 0.6 is 11.6 Å². The van der Waals surface area contributed by atoms with Gasteiger partial charge >= 0.3 is 0 Å². The SMILES string of the molecule is CC(C)c1nn(Cc2ccccc2)c(Cl)c1C=O. The molecular formula is C14H15ClN2O. The minimum absolute atomic E-state index is 0.180. The molecular weight excluding hydrogens is 248 g/mol. The van der Waals surface area contributed by atoms with Crippen molar-refractivity contribution in [3.63, 3.8) is 0 Å². The lowest BCUT2D eigenvalue weighted by molar-refractivity contribution is 0.112. The van der Waals surface area contributed by atoms with Gasteiger partial charge < -0.3 is 0 Å². The number of carbonyl (C=O) groups excluding carboxylic acids is 1. The molecule has 0 aliphatic rings. The second-order valence-corrected chi connectivity index (χ2v) is 4.86. The van der Waals surface area contributed by atoms with Gasteiger partial charge in [-0.15, -0.1) is 0 Å². The first-order chi connectivity index (χ1) is 8.63. The highest BCUT2D eigenvalue weighted by molar-refractivity contribution is 6.32. The van der Waals surface area contributed by atoms with Crippen LogP contribution in [0, 0.1) is 0 Å². The Morgan fingerprint density at radius 3 is 2.50 bits per heavy atom. The first kappa shape index (κ1) is 12.8. The van der Waals surface area contributed by atoms with Crippen molar-refractivity contribution in [3.05, 3.63) is 52.3 Å². The van der Waals surface area contributed by atoms with E-state index in [2.05, 4.69) is 5.10 Å². The van der Waals surface area contributed by atoms with E-state index in [0.717, 1.165) is 17.5 Å². The van der Waals surface area contributed by atoms with E-state index in [0.29, 0.717) is 17.3 Å². The van der Waals surface area contributed by atoms with Crippen LogP contribution in [0.3, 0.4) is 0 Å². The minimum atomic E-state index is 0.180. The lowest BCUT2D eigenvalue weighted by Crippen LogP contribution is -2.02. The first-order valence-corrected chi connectivity index (χ1v) is 6.26. The molecule has 0 fully saturated rings. The average Bonchev–Trinajstić information content (AvgIpc) is 2.68. The van der Waals surface area contributed by atoms with Crippen molar-refractivity contribution < 1.29 is 4.79 Å². The third kappa shape index (κ3) is 2.46. The zero-order valence-electron chi connectivity index (χ0n) is 10.4. The van der Waals surface area contributed by atoms with Crippen molar-refractivity contribution in [2.24, 2.45) is 0 Å². The molecule has 0 N–H and O–H groups in total. The van der Waals surface area contributed by atoms with Gasteiger partial charge in [0.1, 0.15) is 5.15 Å². The standard InChI is InChI=1S/C14H15ClN2O/c1-10(2)13-12(9-18)14(15)17(16-13)8-11-6-4-3-5-7-11/h3-7,9-10H,8H2,1-2H3. The number of aldehydes is 1. The van der Waals surface area contributed by atoms with Crippen molar-refractivity contribution in [1.29, 1.82) is 0 Å². The Hall–Kier alpha value is -1.61. The number of hydrogen-bond acceptors (Lipinski definition) is 2. The van der Waals surface area contributed by atoms with Gasteiger partial charge in [0, 0.05) is 0 Å². The van der Waals surface area contributed by atoms with Gasteiger partial charge in [-0.2, -0.15) is 5.10 Å². The van der Waals surface area contributed by atoms with Crippen LogP contribution in [0.15, 0.2) is 30.3 Å². The monoisotopic (exact) mass is 262 g/mol. The number of rotatable bonds is 4. The molecule has 0 saturated heterocycles. The molecule has 18 heavy (non-hydrogen) atoms. The summed E-state index contributed by atoms with van der Waals surface area (Å²) in [6.45, 7) is 4.57. The molecule has 0 saturated carbocycles. The molecule has 0 atom stereocenters. The van der Waals surface area contributed by atoms with E-state index in [4.69, 9.17) is 11.6 Å². The molecule has 4 heteroatoms. The predicted molar refractivity (Wildman–Crippen MR) is 72.3 cm³/mol. The Labute approximate surface area is 111 Å². The summed E-state index contributed by atoms with van der Waals surface area (Å²) in [7, 11) is 0. The lowest BCUT2D eigenvalue weighted by Gasteiger charge is -2.03. The molecule has 2 rings (SSSR count). The summed E-state index contributed by atoms with van der Waals surface area (Å²) in [4.78, 5) is 11.1. The maximum atomic E-state index is 11.1. The molecule has 0 unspecified atom stereocenters. The lowest BCUT2D eigenvalue weighted by atomic mass is 10.1. The van der Waals surface area contributed by atoms with E-state index >= 15 is 0 Å². The summed E-state index contributed by atoms with van der Waals surface area (Å²) >= 11 is 6.19. The molecule has 1 aromatic carbocycles. The fraction of sp³-hybridized carbons (Fsp3) is 0.286. The van der Waals surface area contributed by atoms with Gasteiger partial charge in [-0.25, -0.2) is 4.68 Å². The number of carbonyl (C=O) groups is 1. The molecule has 0 radical (unpaired) electrons. The van der Waals surface area contributed by atoms with Crippen LogP contribution in [0.5, 0.6) is 0 Å². The van der Waals surface area contributed by atoms with E-state index in [9.17, 15) is 4.79 Å². The molecule has 2 aromatic rings. The van der Waals surface area contributed by atoms with Crippen molar-refractivity contribution in [1.82, 2.24) is 9.78 Å². The van der Waals surface area contributed by atoms with Crippen LogP contribution in [-0.4, -0.2) is 16.1 Å². The van der Waals surface area contributed by atoms with Crippen molar-refractivity contribution >= 4 is 17.9 Å². The highest BCUT2D eigenvalue weighted by Crippen LogP contribution is 2.24. The Bertz CT molecular complexity index is 546. The zero-order valence-corrected chi connectivity index (χ0v) is 11.2. The van der Waals surface area contributed by atoms with E-state index in [1.165, 1.54) is 0 Å². The summed E-state index contributed by atoms with van der Waals surface area (Å²) in [6, 6.07) is 9.92. The highest BCUT2D eigenvalue weighted by atomic mass is 35.5. The molecule has 0 aliphatic heterocycles. The second-order valence-electron chi connectivity index (χ2n) is 4.51. The van der Waals surface area contributed by atoms with Crippen LogP contribution < -0.4 is 0 Å². The quantitative estimate of drug-likeness (QED) is 0.790. The smallest absolute Gasteiger partial charge is 0.155 e. The normalized spacial score (nSPS) is 10.9. The third-order valence-electron chi connectivity index (χ3n) is 2.79. The summed E-state index contributed by atoms with van der Waals surface area (Å²) in [5.41, 5.74) is 2.36. The van der Waals surface area contributed by atoms with Gasteiger partial charge in [-0.05, 0) is 11.5 Å². The minimum Gasteiger partial charge on any atom is -0.298 e. The number of benzene rings is 1. The van der Waals surface area contributed by atoms with Crippen LogP contribution in [0.1, 0.15) is 41.4 Å². The van der Waals surface area contributed by atoms with Crippen LogP contribution in [-0.2, 0) is 6.54 Å². The van der Waals surface area contributed by atoms with Gasteiger partial charge in [-0.1, -0.05) is 55.8 Å². The van der Waals surface area contributed by atoms with Crippen molar-refractivity contribution in [2.75, 3.05) is 0 Å². The van der Waals surface area contributed by atoms with Gasteiger partial charge in [0.2, 0.25) is 0 Å². The predicted octanol–water partition coefficient (Wildman–Crippen LogP) is 3.52. The average molecular weight is 263 g/mol. The van der Waals surface area contributed by atoms with Crippen LogP contribution in [0.4, 0.5) is 0 Å². The Kier molecular flexibility index (Phi) is 3.82. The highest BCUT2D eigenvalue weighted by Gasteiger charge is 2.18. The first-order valence-electron chi connectivity index (χ1n) is 5.88. The van der Waals surface area contributed by atoms with E-state index in [1.54, 1.807) is 4.68 Å². The van der Waals surface area contributed by atoms with E-state index in [1.807, 2.05) is 44.2 Å². The maximum Gasteiger partial charge on any atom is 0.155 e. The fourth-order valence-electron chi connectivity index (χ4n) is 1.87.